The van der Waals surface area contributed by atoms with E-state index >= 15 is 0 Å². The maximum absolute atomic E-state index is 12.4. The molecular weight excluding hydrogens is 382 g/mol. The van der Waals surface area contributed by atoms with Gasteiger partial charge in [-0.3, -0.25) is 9.59 Å². The first-order valence-corrected chi connectivity index (χ1v) is 9.62. The maximum atomic E-state index is 12.4. The minimum atomic E-state index is -4.24. The van der Waals surface area contributed by atoms with Gasteiger partial charge >= 0.3 is 11.9 Å². The van der Waals surface area contributed by atoms with Gasteiger partial charge in [0.05, 0.1) is 21.1 Å². The Morgan fingerprint density at radius 1 is 1.08 bits per heavy atom. The van der Waals surface area contributed by atoms with Gasteiger partial charge in [-0.05, 0) is 24.3 Å². The van der Waals surface area contributed by atoms with E-state index in [4.69, 9.17) is 14.9 Å². The second-order valence-corrected chi connectivity index (χ2v) is 8.17. The fraction of sp³-hybridized carbons (Fsp3) is 0.125. The van der Waals surface area contributed by atoms with Crippen molar-refractivity contribution in [3.05, 3.63) is 42.5 Å². The number of ether oxygens (including phenoxy) is 1. The Bertz CT molecular complexity index is 988. The molecule has 0 fully saturated rings. The van der Waals surface area contributed by atoms with Crippen LogP contribution in [0.1, 0.15) is 6.42 Å². The number of benzene rings is 2. The Morgan fingerprint density at radius 2 is 1.77 bits per heavy atom. The van der Waals surface area contributed by atoms with Crippen LogP contribution in [-0.2, 0) is 19.6 Å². The number of rotatable bonds is 6. The molecule has 136 valence electrons. The summed E-state index contributed by atoms with van der Waals surface area (Å²) >= 11 is 1.42. The van der Waals surface area contributed by atoms with Crippen molar-refractivity contribution in [2.75, 3.05) is 0 Å². The van der Waals surface area contributed by atoms with Crippen molar-refractivity contribution in [1.82, 2.24) is 4.72 Å². The highest BCUT2D eigenvalue weighted by molar-refractivity contribution is 7.99. The highest BCUT2D eigenvalue weighted by atomic mass is 32.2. The first-order chi connectivity index (χ1) is 12.3. The molecule has 8 nitrogen and oxygen atoms in total. The number of carbonyl (C=O) groups is 2. The van der Waals surface area contributed by atoms with Gasteiger partial charge in [-0.2, -0.15) is 4.72 Å². The monoisotopic (exact) mass is 395 g/mol. The number of carboxylic acids is 2. The summed E-state index contributed by atoms with van der Waals surface area (Å²) in [4.78, 5) is 23.2. The molecular formula is C16H13NO7S2. The third-order valence-corrected chi connectivity index (χ3v) is 6.07. The van der Waals surface area contributed by atoms with Crippen molar-refractivity contribution >= 4 is 33.7 Å². The fourth-order valence-corrected chi connectivity index (χ4v) is 4.42. The van der Waals surface area contributed by atoms with Gasteiger partial charge in [0.15, 0.2) is 0 Å². The van der Waals surface area contributed by atoms with Crippen LogP contribution in [0.2, 0.25) is 0 Å². The van der Waals surface area contributed by atoms with Gasteiger partial charge in [0, 0.05) is 6.07 Å². The molecule has 1 aliphatic rings. The lowest BCUT2D eigenvalue weighted by Gasteiger charge is -2.20. The molecule has 26 heavy (non-hydrogen) atoms. The van der Waals surface area contributed by atoms with Crippen LogP contribution in [-0.4, -0.2) is 36.6 Å². The van der Waals surface area contributed by atoms with Crippen LogP contribution in [0.4, 0.5) is 0 Å². The SMILES string of the molecule is O=C(O)C[C@@H](NS(=O)(=O)c1ccc2c(c1)Oc1ccccc1S2)C(=O)O. The van der Waals surface area contributed by atoms with Crippen molar-refractivity contribution in [1.29, 1.82) is 0 Å². The zero-order valence-electron chi connectivity index (χ0n) is 13.1. The Hall–Kier alpha value is -2.56. The molecule has 1 aliphatic heterocycles. The minimum Gasteiger partial charge on any atom is -0.481 e. The van der Waals surface area contributed by atoms with Crippen molar-refractivity contribution < 1.29 is 33.0 Å². The number of nitrogens with one attached hydrogen (secondary N) is 1. The first-order valence-electron chi connectivity index (χ1n) is 7.32. The number of aliphatic carboxylic acids is 2. The molecule has 3 N–H and O–H groups in total. The van der Waals surface area contributed by atoms with Crippen LogP contribution in [0.3, 0.4) is 0 Å². The molecule has 0 bridgehead atoms. The zero-order chi connectivity index (χ0) is 18.9. The molecule has 3 rings (SSSR count). The molecule has 2 aromatic rings. The molecule has 1 heterocycles. The van der Waals surface area contributed by atoms with Crippen LogP contribution in [0, 0.1) is 0 Å². The van der Waals surface area contributed by atoms with E-state index in [0.29, 0.717) is 16.4 Å². The topological polar surface area (TPSA) is 130 Å². The minimum absolute atomic E-state index is 0.215. The van der Waals surface area contributed by atoms with Gasteiger partial charge in [0.25, 0.3) is 0 Å². The van der Waals surface area contributed by atoms with Gasteiger partial charge in [-0.25, -0.2) is 8.42 Å². The molecule has 0 aliphatic carbocycles. The van der Waals surface area contributed by atoms with Gasteiger partial charge in [-0.1, -0.05) is 23.9 Å². The predicted octanol–water partition coefficient (Wildman–Crippen LogP) is 2.15. The zero-order valence-corrected chi connectivity index (χ0v) is 14.7. The van der Waals surface area contributed by atoms with E-state index in [1.54, 1.807) is 18.2 Å². The van der Waals surface area contributed by atoms with Crippen molar-refractivity contribution in [2.24, 2.45) is 0 Å². The molecule has 0 spiro atoms. The van der Waals surface area contributed by atoms with Gasteiger partial charge in [0.2, 0.25) is 10.0 Å². The molecule has 0 unspecified atom stereocenters. The second-order valence-electron chi connectivity index (χ2n) is 5.37. The molecule has 2 aromatic carbocycles. The summed E-state index contributed by atoms with van der Waals surface area (Å²) in [7, 11) is -4.24. The third kappa shape index (κ3) is 3.82. The highest BCUT2D eigenvalue weighted by Gasteiger charge is 2.29. The number of carboxylic acid groups (broad SMARTS) is 2. The lowest BCUT2D eigenvalue weighted by molar-refractivity contribution is -0.145. The summed E-state index contributed by atoms with van der Waals surface area (Å²) in [5, 5.41) is 17.7. The van der Waals surface area contributed by atoms with Crippen LogP contribution in [0.15, 0.2) is 57.2 Å². The first kappa shape index (κ1) is 18.2. The summed E-state index contributed by atoms with van der Waals surface area (Å²) in [6.45, 7) is 0. The normalized spacial score (nSPS) is 13.8. The third-order valence-electron chi connectivity index (χ3n) is 3.49. The fourth-order valence-electron chi connectivity index (χ4n) is 2.28. The molecule has 0 saturated carbocycles. The Balaban J connectivity index is 1.88. The average molecular weight is 395 g/mol. The van der Waals surface area contributed by atoms with E-state index in [1.807, 2.05) is 16.9 Å². The van der Waals surface area contributed by atoms with Gasteiger partial charge < -0.3 is 14.9 Å². The molecule has 0 aromatic heterocycles. The Kier molecular flexibility index (Phi) is 4.90. The molecule has 10 heteroatoms. The van der Waals surface area contributed by atoms with Crippen LogP contribution in [0.25, 0.3) is 0 Å². The lowest BCUT2D eigenvalue weighted by Crippen LogP contribution is -2.42. The summed E-state index contributed by atoms with van der Waals surface area (Å²) in [6.07, 6.45) is -0.876. The number of hydrogen-bond acceptors (Lipinski definition) is 6. The maximum Gasteiger partial charge on any atom is 0.322 e. The quantitative estimate of drug-likeness (QED) is 0.579. The van der Waals surface area contributed by atoms with E-state index in [2.05, 4.69) is 0 Å². The van der Waals surface area contributed by atoms with Crippen LogP contribution >= 0.6 is 11.8 Å². The average Bonchev–Trinajstić information content (AvgIpc) is 2.58. The largest absolute Gasteiger partial charge is 0.481 e. The molecule has 0 saturated heterocycles. The summed E-state index contributed by atoms with van der Waals surface area (Å²) < 4.78 is 32.5. The lowest BCUT2D eigenvalue weighted by atomic mass is 10.2. The number of sulfonamides is 1. The summed E-state index contributed by atoms with van der Waals surface area (Å²) in [6, 6.07) is 9.64. The van der Waals surface area contributed by atoms with E-state index < -0.39 is 34.4 Å². The van der Waals surface area contributed by atoms with Crippen molar-refractivity contribution in [3.8, 4) is 11.5 Å². The van der Waals surface area contributed by atoms with Crippen molar-refractivity contribution in [3.63, 3.8) is 0 Å². The summed E-state index contributed by atoms with van der Waals surface area (Å²) in [5.74, 6) is -2.10. The second kappa shape index (κ2) is 6.98. The van der Waals surface area contributed by atoms with Gasteiger partial charge in [0.1, 0.15) is 17.5 Å². The standard InChI is InChI=1S/C16H13NO7S2/c18-15(19)8-10(16(20)21)17-26(22,23)9-5-6-14-12(7-9)24-11-3-1-2-4-13(11)25-14/h1-7,10,17H,8H2,(H,18,19)(H,20,21)/t10-/m1/s1. The summed E-state index contributed by atoms with van der Waals surface area (Å²) in [5.41, 5.74) is 0. The molecule has 0 amide bonds. The van der Waals surface area contributed by atoms with E-state index in [-0.39, 0.29) is 4.90 Å². The van der Waals surface area contributed by atoms with E-state index in [9.17, 15) is 18.0 Å². The number of fused-ring (bicyclic) bond motifs is 2. The van der Waals surface area contributed by atoms with E-state index in [1.165, 1.54) is 23.9 Å². The van der Waals surface area contributed by atoms with Crippen LogP contribution < -0.4 is 9.46 Å². The van der Waals surface area contributed by atoms with E-state index in [0.717, 1.165) is 4.90 Å². The highest BCUT2D eigenvalue weighted by Crippen LogP contribution is 2.47. The van der Waals surface area contributed by atoms with Crippen LogP contribution in [0.5, 0.6) is 11.5 Å². The Labute approximate surface area is 152 Å². The Morgan fingerprint density at radius 3 is 2.46 bits per heavy atom. The molecule has 0 radical (unpaired) electrons. The smallest absolute Gasteiger partial charge is 0.322 e. The van der Waals surface area contributed by atoms with Gasteiger partial charge in [-0.15, -0.1) is 0 Å². The molecule has 1 atom stereocenters. The number of hydrogen-bond donors (Lipinski definition) is 3. The number of para-hydroxylation sites is 1. The van der Waals surface area contributed by atoms with Crippen molar-refractivity contribution in [2.45, 2.75) is 27.1 Å². The predicted molar refractivity (Wildman–Crippen MR) is 91.1 cm³/mol.